The average Bonchev–Trinajstić information content (AvgIpc) is 2.85. The van der Waals surface area contributed by atoms with Crippen LogP contribution in [0, 0.1) is 11.3 Å². The highest BCUT2D eigenvalue weighted by Gasteiger charge is 2.77. The van der Waals surface area contributed by atoms with Gasteiger partial charge in [-0.2, -0.15) is 5.26 Å². The molecule has 7 heteroatoms. The molecule has 5 atom stereocenters. The van der Waals surface area contributed by atoms with Crippen molar-refractivity contribution in [1.82, 2.24) is 4.90 Å². The van der Waals surface area contributed by atoms with Crippen LogP contribution in [0.1, 0.15) is 34.1 Å². The van der Waals surface area contributed by atoms with Crippen molar-refractivity contribution in [3.05, 3.63) is 0 Å². The third kappa shape index (κ3) is 2.05. The largest absolute Gasteiger partial charge is 0.444 e. The number of hydrogen-bond acceptors (Lipinski definition) is 6. The zero-order chi connectivity index (χ0) is 15.6. The topological polar surface area (TPSA) is 88.6 Å². The summed E-state index contributed by atoms with van der Waals surface area (Å²) in [5, 5.41) is 9.39. The number of amides is 1. The summed E-state index contributed by atoms with van der Waals surface area (Å²) in [6, 6.07) is 1.75. The Morgan fingerprint density at radius 2 is 2.05 bits per heavy atom. The molecular formula is C14H18N2O5. The predicted molar refractivity (Wildman–Crippen MR) is 69.0 cm³/mol. The van der Waals surface area contributed by atoms with Crippen molar-refractivity contribution in [3.8, 4) is 6.07 Å². The van der Waals surface area contributed by atoms with Gasteiger partial charge in [-0.3, -0.25) is 9.69 Å². The summed E-state index contributed by atoms with van der Waals surface area (Å²) in [7, 11) is 0. The molecule has 0 aromatic rings. The molecule has 3 fully saturated rings. The predicted octanol–water partition coefficient (Wildman–Crippen LogP) is 0.971. The Morgan fingerprint density at radius 3 is 2.57 bits per heavy atom. The van der Waals surface area contributed by atoms with E-state index in [1.54, 1.807) is 25.7 Å². The highest BCUT2D eigenvalue weighted by atomic mass is 16.6. The SMILES string of the molecule is CC(=O)O[C@@]1(C#N)C[C@H]2O[C@H]1[C@@H]1[C@@H]2N1C(=O)OC(C)(C)C. The fraction of sp³-hybridized carbons (Fsp3) is 0.786. The molecule has 3 rings (SSSR count). The van der Waals surface area contributed by atoms with E-state index in [9.17, 15) is 14.9 Å². The van der Waals surface area contributed by atoms with E-state index in [1.807, 2.05) is 0 Å². The van der Waals surface area contributed by atoms with E-state index >= 15 is 0 Å². The molecule has 0 unspecified atom stereocenters. The Morgan fingerprint density at radius 1 is 1.38 bits per heavy atom. The van der Waals surface area contributed by atoms with Crippen LogP contribution in [0.5, 0.6) is 0 Å². The standard InChI is InChI=1S/C14H18N2O5/c1-7(17)20-14(6-15)5-8-9-10(11(14)19-8)16(9)12(18)21-13(2,3)4/h8-11H,5H2,1-4H3/t8-,9-,10+,11+,14-,16?/m1/s1. The lowest BCUT2D eigenvalue weighted by molar-refractivity contribution is -0.156. The highest BCUT2D eigenvalue weighted by molar-refractivity contribution is 5.74. The monoisotopic (exact) mass is 294 g/mol. The molecule has 7 nitrogen and oxygen atoms in total. The van der Waals surface area contributed by atoms with Gasteiger partial charge in [0, 0.05) is 13.3 Å². The number of likely N-dealkylation sites (tertiary alicyclic amines) is 1. The number of rotatable bonds is 1. The molecule has 0 aromatic heterocycles. The van der Waals surface area contributed by atoms with E-state index in [4.69, 9.17) is 14.2 Å². The smallest absolute Gasteiger partial charge is 0.411 e. The molecule has 0 aliphatic carbocycles. The number of nitriles is 1. The summed E-state index contributed by atoms with van der Waals surface area (Å²) in [4.78, 5) is 25.0. The second kappa shape index (κ2) is 4.10. The fourth-order valence-electron chi connectivity index (χ4n) is 3.36. The maximum Gasteiger partial charge on any atom is 0.411 e. The number of morpholine rings is 1. The molecule has 3 aliphatic rings. The molecule has 0 saturated carbocycles. The Balaban J connectivity index is 1.75. The Hall–Kier alpha value is -1.81. The van der Waals surface area contributed by atoms with Crippen molar-refractivity contribution < 1.29 is 23.8 Å². The first-order chi connectivity index (χ1) is 9.68. The van der Waals surface area contributed by atoms with Gasteiger partial charge in [-0.25, -0.2) is 4.79 Å². The number of fused-ring (bicyclic) bond motifs is 5. The molecule has 21 heavy (non-hydrogen) atoms. The van der Waals surface area contributed by atoms with Crippen LogP contribution in [0.25, 0.3) is 0 Å². The summed E-state index contributed by atoms with van der Waals surface area (Å²) in [5.74, 6) is -0.520. The molecule has 114 valence electrons. The van der Waals surface area contributed by atoms with Crippen molar-refractivity contribution in [2.75, 3.05) is 0 Å². The van der Waals surface area contributed by atoms with Gasteiger partial charge in [-0.05, 0) is 20.8 Å². The molecule has 0 radical (unpaired) electrons. The van der Waals surface area contributed by atoms with Crippen molar-refractivity contribution in [1.29, 1.82) is 5.26 Å². The number of carbonyl (C=O) groups excluding carboxylic acids is 2. The van der Waals surface area contributed by atoms with E-state index in [1.165, 1.54) is 6.92 Å². The number of esters is 1. The van der Waals surface area contributed by atoms with Gasteiger partial charge in [-0.15, -0.1) is 0 Å². The van der Waals surface area contributed by atoms with E-state index in [2.05, 4.69) is 6.07 Å². The molecule has 0 aromatic carbocycles. The zero-order valence-corrected chi connectivity index (χ0v) is 12.5. The molecule has 3 saturated heterocycles. The zero-order valence-electron chi connectivity index (χ0n) is 12.5. The van der Waals surface area contributed by atoms with Gasteiger partial charge in [0.1, 0.15) is 17.8 Å². The summed E-state index contributed by atoms with van der Waals surface area (Å²) < 4.78 is 16.3. The van der Waals surface area contributed by atoms with E-state index in [0.29, 0.717) is 6.42 Å². The number of hydrogen-bond donors (Lipinski definition) is 0. The molecule has 0 spiro atoms. The third-order valence-corrected chi connectivity index (χ3v) is 4.00. The van der Waals surface area contributed by atoms with Gasteiger partial charge >= 0.3 is 12.1 Å². The second-order valence-corrected chi connectivity index (χ2v) is 6.76. The van der Waals surface area contributed by atoms with Crippen LogP contribution in [0.4, 0.5) is 4.79 Å². The Labute approximate surface area is 122 Å². The second-order valence-electron chi connectivity index (χ2n) is 6.76. The van der Waals surface area contributed by atoms with Crippen molar-refractivity contribution in [2.24, 2.45) is 0 Å². The van der Waals surface area contributed by atoms with Gasteiger partial charge in [0.2, 0.25) is 5.60 Å². The maximum absolute atomic E-state index is 12.1. The normalized spacial score (nSPS) is 39.5. The van der Waals surface area contributed by atoms with Crippen molar-refractivity contribution >= 4 is 12.1 Å². The first kappa shape index (κ1) is 14.1. The molecule has 1 amide bonds. The number of ether oxygens (including phenoxy) is 3. The van der Waals surface area contributed by atoms with Gasteiger partial charge in [0.15, 0.2) is 0 Å². The van der Waals surface area contributed by atoms with Crippen LogP contribution >= 0.6 is 0 Å². The molecule has 0 N–H and O–H groups in total. The van der Waals surface area contributed by atoms with Crippen LogP contribution in [0.3, 0.4) is 0 Å². The van der Waals surface area contributed by atoms with Crippen LogP contribution < -0.4 is 0 Å². The van der Waals surface area contributed by atoms with Crippen LogP contribution in [0.15, 0.2) is 0 Å². The van der Waals surface area contributed by atoms with Gasteiger partial charge < -0.3 is 14.2 Å². The fourth-order valence-corrected chi connectivity index (χ4v) is 3.36. The lowest BCUT2D eigenvalue weighted by Gasteiger charge is -2.26. The summed E-state index contributed by atoms with van der Waals surface area (Å²) in [6.07, 6.45) is -0.971. The molecular weight excluding hydrogens is 276 g/mol. The number of nitrogens with zero attached hydrogens (tertiary/aromatic N) is 2. The van der Waals surface area contributed by atoms with Gasteiger partial charge in [-0.1, -0.05) is 0 Å². The molecule has 2 bridgehead atoms. The van der Waals surface area contributed by atoms with E-state index < -0.39 is 29.4 Å². The molecule has 3 heterocycles. The first-order valence-electron chi connectivity index (χ1n) is 6.96. The minimum atomic E-state index is -1.28. The third-order valence-electron chi connectivity index (χ3n) is 4.00. The lowest BCUT2D eigenvalue weighted by atomic mass is 9.86. The Bertz CT molecular complexity index is 549. The lowest BCUT2D eigenvalue weighted by Crippen LogP contribution is -2.46. The highest BCUT2D eigenvalue weighted by Crippen LogP contribution is 2.56. The first-order valence-corrected chi connectivity index (χ1v) is 6.96. The quantitative estimate of drug-likeness (QED) is 0.529. The van der Waals surface area contributed by atoms with E-state index in [0.717, 1.165) is 0 Å². The summed E-state index contributed by atoms with van der Waals surface area (Å²) >= 11 is 0. The summed E-state index contributed by atoms with van der Waals surface area (Å²) in [5.41, 5.74) is -1.86. The summed E-state index contributed by atoms with van der Waals surface area (Å²) in [6.45, 7) is 6.66. The van der Waals surface area contributed by atoms with Crippen LogP contribution in [-0.2, 0) is 19.0 Å². The maximum atomic E-state index is 12.1. The van der Waals surface area contributed by atoms with Crippen molar-refractivity contribution in [2.45, 2.75) is 69.6 Å². The van der Waals surface area contributed by atoms with Crippen molar-refractivity contribution in [3.63, 3.8) is 0 Å². The van der Waals surface area contributed by atoms with Crippen LogP contribution in [-0.4, -0.2) is 52.5 Å². The minimum Gasteiger partial charge on any atom is -0.444 e. The van der Waals surface area contributed by atoms with E-state index in [-0.39, 0.29) is 18.2 Å². The number of carbonyl (C=O) groups is 2. The van der Waals surface area contributed by atoms with Gasteiger partial charge in [0.05, 0.1) is 18.2 Å². The molecule has 3 aliphatic heterocycles. The van der Waals surface area contributed by atoms with Crippen LogP contribution in [0.2, 0.25) is 0 Å². The average molecular weight is 294 g/mol. The van der Waals surface area contributed by atoms with Gasteiger partial charge in [0.25, 0.3) is 0 Å². The Kier molecular flexibility index (Phi) is 2.76. The minimum absolute atomic E-state index is 0.0677.